The van der Waals surface area contributed by atoms with E-state index < -0.39 is 0 Å². The number of nitrogens with one attached hydrogen (secondary N) is 1. The summed E-state index contributed by atoms with van der Waals surface area (Å²) in [6.07, 6.45) is 2.62. The van der Waals surface area contributed by atoms with Gasteiger partial charge in [-0.05, 0) is 52.8 Å². The van der Waals surface area contributed by atoms with Crippen molar-refractivity contribution in [2.45, 2.75) is 44.7 Å². The number of hydrazone groups is 1. The molecule has 1 amide bonds. The highest BCUT2D eigenvalue weighted by molar-refractivity contribution is 7.99. The van der Waals surface area contributed by atoms with Crippen LogP contribution in [0, 0.1) is 0 Å². The number of thioether (sulfide) groups is 1. The number of hydrogen-bond acceptors (Lipinski definition) is 6. The largest absolute Gasteiger partial charge is 0.497 e. The topological polar surface area (TPSA) is 81.4 Å². The minimum atomic E-state index is -0.225. The number of rotatable bonds is 9. The lowest BCUT2D eigenvalue weighted by molar-refractivity contribution is -0.118. The number of benzene rings is 3. The maximum absolute atomic E-state index is 12.5. The molecule has 0 aliphatic carbocycles. The van der Waals surface area contributed by atoms with Gasteiger partial charge in [-0.15, -0.1) is 10.2 Å². The zero-order chi connectivity index (χ0) is 27.1. The van der Waals surface area contributed by atoms with E-state index in [1.165, 1.54) is 22.9 Å². The van der Waals surface area contributed by atoms with Gasteiger partial charge in [-0.3, -0.25) is 9.36 Å². The van der Waals surface area contributed by atoms with Gasteiger partial charge in [0.25, 0.3) is 5.91 Å². The third-order valence-electron chi connectivity index (χ3n) is 6.10. The van der Waals surface area contributed by atoms with Crippen LogP contribution in [-0.2, 0) is 16.6 Å². The quantitative estimate of drug-likeness (QED) is 0.163. The third kappa shape index (κ3) is 6.69. The van der Waals surface area contributed by atoms with Gasteiger partial charge in [0, 0.05) is 11.3 Å². The van der Waals surface area contributed by atoms with E-state index in [4.69, 9.17) is 4.74 Å². The van der Waals surface area contributed by atoms with Gasteiger partial charge in [-0.25, -0.2) is 5.43 Å². The van der Waals surface area contributed by atoms with Gasteiger partial charge in [0.05, 0.1) is 19.1 Å². The van der Waals surface area contributed by atoms with Crippen molar-refractivity contribution in [3.63, 3.8) is 0 Å². The highest BCUT2D eigenvalue weighted by Crippen LogP contribution is 2.30. The van der Waals surface area contributed by atoms with Gasteiger partial charge in [0.1, 0.15) is 5.75 Å². The molecule has 3 aromatic carbocycles. The van der Waals surface area contributed by atoms with Crippen LogP contribution >= 0.6 is 11.8 Å². The van der Waals surface area contributed by atoms with Gasteiger partial charge in [-0.2, -0.15) is 5.10 Å². The summed E-state index contributed by atoms with van der Waals surface area (Å²) in [5.41, 5.74) is 7.90. The molecule has 7 nitrogen and oxygen atoms in total. The Hall–Kier alpha value is -3.91. The first-order valence-electron chi connectivity index (χ1n) is 12.5. The zero-order valence-electron chi connectivity index (χ0n) is 22.4. The number of ether oxygens (including phenoxy) is 1. The number of amides is 1. The average Bonchev–Trinajstić information content (AvgIpc) is 3.36. The molecule has 1 heterocycles. The minimum absolute atomic E-state index is 0.0536. The SMILES string of the molecule is CCc1ccc(/C=N\NC(=O)CSc2nnc(-c3ccc(C(C)(C)C)cc3)n2-c2ccc(OC)cc2)cc1. The second kappa shape index (κ2) is 12.1. The van der Waals surface area contributed by atoms with Crippen molar-refractivity contribution >= 4 is 23.9 Å². The van der Waals surface area contributed by atoms with Crippen LogP contribution in [0.5, 0.6) is 5.75 Å². The van der Waals surface area contributed by atoms with Crippen molar-refractivity contribution in [1.82, 2.24) is 20.2 Å². The summed E-state index contributed by atoms with van der Waals surface area (Å²) in [6, 6.07) is 24.1. The summed E-state index contributed by atoms with van der Waals surface area (Å²) in [7, 11) is 1.64. The molecule has 0 aliphatic heterocycles. The summed E-state index contributed by atoms with van der Waals surface area (Å²) in [5, 5.41) is 13.6. The Kier molecular flexibility index (Phi) is 8.63. The number of aryl methyl sites for hydroxylation is 1. The Morgan fingerprint density at radius 1 is 1.00 bits per heavy atom. The lowest BCUT2D eigenvalue weighted by Crippen LogP contribution is -2.20. The van der Waals surface area contributed by atoms with E-state index >= 15 is 0 Å². The van der Waals surface area contributed by atoms with E-state index in [2.05, 4.69) is 84.8 Å². The van der Waals surface area contributed by atoms with Crippen molar-refractivity contribution in [3.05, 3.63) is 89.5 Å². The van der Waals surface area contributed by atoms with E-state index in [1.54, 1.807) is 13.3 Å². The molecule has 0 spiro atoms. The number of aromatic nitrogens is 3. The number of methoxy groups -OCH3 is 1. The fourth-order valence-electron chi connectivity index (χ4n) is 3.81. The van der Waals surface area contributed by atoms with E-state index in [-0.39, 0.29) is 17.1 Å². The molecule has 196 valence electrons. The average molecular weight is 528 g/mol. The predicted molar refractivity (Wildman–Crippen MR) is 154 cm³/mol. The van der Waals surface area contributed by atoms with Crippen LogP contribution < -0.4 is 10.2 Å². The maximum atomic E-state index is 12.5. The molecule has 4 rings (SSSR count). The van der Waals surface area contributed by atoms with Crippen molar-refractivity contribution in [2.75, 3.05) is 12.9 Å². The van der Waals surface area contributed by atoms with Crippen molar-refractivity contribution in [2.24, 2.45) is 5.10 Å². The molecule has 38 heavy (non-hydrogen) atoms. The molecule has 1 aromatic heterocycles. The number of nitrogens with zero attached hydrogens (tertiary/aromatic N) is 4. The van der Waals surface area contributed by atoms with E-state index in [0.717, 1.165) is 29.0 Å². The van der Waals surface area contributed by atoms with Crippen LogP contribution in [0.3, 0.4) is 0 Å². The standard InChI is InChI=1S/C30H33N5O2S/c1-6-21-7-9-22(10-8-21)19-31-32-27(36)20-38-29-34-33-28(23-11-13-24(14-12-23)30(2,3)4)35(29)25-15-17-26(37-5)18-16-25/h7-19H,6,20H2,1-5H3,(H,32,36)/b31-19-. The molecule has 0 bridgehead atoms. The lowest BCUT2D eigenvalue weighted by Gasteiger charge is -2.19. The Bertz CT molecular complexity index is 1390. The molecule has 1 N–H and O–H groups in total. The van der Waals surface area contributed by atoms with Gasteiger partial charge < -0.3 is 4.74 Å². The van der Waals surface area contributed by atoms with Gasteiger partial charge in [0.2, 0.25) is 0 Å². The first-order valence-corrected chi connectivity index (χ1v) is 13.5. The molecule has 4 aromatic rings. The monoisotopic (exact) mass is 527 g/mol. The normalized spacial score (nSPS) is 11.6. The van der Waals surface area contributed by atoms with E-state index in [0.29, 0.717) is 11.0 Å². The molecular formula is C30H33N5O2S. The fraction of sp³-hybridized carbons (Fsp3) is 0.267. The first kappa shape index (κ1) is 27.1. The second-order valence-corrected chi connectivity index (χ2v) is 10.8. The number of carbonyl (C=O) groups is 1. The highest BCUT2D eigenvalue weighted by Gasteiger charge is 2.19. The smallest absolute Gasteiger partial charge is 0.250 e. The summed E-state index contributed by atoms with van der Waals surface area (Å²) in [4.78, 5) is 12.5. The molecule has 0 radical (unpaired) electrons. The Morgan fingerprint density at radius 3 is 2.29 bits per heavy atom. The lowest BCUT2D eigenvalue weighted by atomic mass is 9.87. The predicted octanol–water partition coefficient (Wildman–Crippen LogP) is 6.05. The molecule has 0 fully saturated rings. The Labute approximate surface area is 228 Å². The highest BCUT2D eigenvalue weighted by atomic mass is 32.2. The summed E-state index contributed by atoms with van der Waals surface area (Å²) < 4.78 is 7.28. The third-order valence-corrected chi connectivity index (χ3v) is 7.03. The number of hydrogen-bond donors (Lipinski definition) is 1. The minimum Gasteiger partial charge on any atom is -0.497 e. The van der Waals surface area contributed by atoms with Gasteiger partial charge in [-0.1, -0.05) is 88.0 Å². The van der Waals surface area contributed by atoms with Crippen LogP contribution in [0.4, 0.5) is 0 Å². The Morgan fingerprint density at radius 2 is 1.68 bits per heavy atom. The van der Waals surface area contributed by atoms with Crippen LogP contribution in [0.15, 0.2) is 83.1 Å². The summed E-state index contributed by atoms with van der Waals surface area (Å²) in [6.45, 7) is 8.68. The molecular weight excluding hydrogens is 494 g/mol. The summed E-state index contributed by atoms with van der Waals surface area (Å²) in [5.74, 6) is 1.38. The van der Waals surface area contributed by atoms with Crippen LogP contribution in [0.2, 0.25) is 0 Å². The molecule has 0 unspecified atom stereocenters. The van der Waals surface area contributed by atoms with Gasteiger partial charge in [0.15, 0.2) is 11.0 Å². The van der Waals surface area contributed by atoms with Crippen molar-refractivity contribution < 1.29 is 9.53 Å². The van der Waals surface area contributed by atoms with E-state index in [9.17, 15) is 4.79 Å². The zero-order valence-corrected chi connectivity index (χ0v) is 23.2. The van der Waals surface area contributed by atoms with Crippen LogP contribution in [0.25, 0.3) is 17.1 Å². The second-order valence-electron chi connectivity index (χ2n) is 9.84. The Balaban J connectivity index is 1.52. The summed E-state index contributed by atoms with van der Waals surface area (Å²) >= 11 is 1.31. The molecule has 8 heteroatoms. The molecule has 0 saturated carbocycles. The molecule has 0 atom stereocenters. The van der Waals surface area contributed by atoms with Crippen molar-refractivity contribution in [1.29, 1.82) is 0 Å². The molecule has 0 saturated heterocycles. The number of carbonyl (C=O) groups excluding carboxylic acids is 1. The van der Waals surface area contributed by atoms with Crippen LogP contribution in [0.1, 0.15) is 44.4 Å². The van der Waals surface area contributed by atoms with E-state index in [1.807, 2.05) is 41.0 Å². The van der Waals surface area contributed by atoms with Gasteiger partial charge >= 0.3 is 0 Å². The fourth-order valence-corrected chi connectivity index (χ4v) is 4.56. The maximum Gasteiger partial charge on any atom is 0.250 e. The first-order chi connectivity index (χ1) is 18.3. The molecule has 0 aliphatic rings. The van der Waals surface area contributed by atoms with Crippen LogP contribution in [-0.4, -0.2) is 39.7 Å². The van der Waals surface area contributed by atoms with Crippen molar-refractivity contribution in [3.8, 4) is 22.8 Å².